The molecule has 2 atom stereocenters. The van der Waals surface area contributed by atoms with E-state index in [4.69, 9.17) is 4.74 Å². The number of amides is 2. The number of benzene rings is 1. The summed E-state index contributed by atoms with van der Waals surface area (Å²) in [4.78, 5) is 30.3. The van der Waals surface area contributed by atoms with Crippen LogP contribution in [0.1, 0.15) is 24.3 Å². The highest BCUT2D eigenvalue weighted by Gasteiger charge is 2.43. The first-order chi connectivity index (χ1) is 13.5. The van der Waals surface area contributed by atoms with Crippen molar-refractivity contribution in [2.75, 3.05) is 13.1 Å². The highest BCUT2D eigenvalue weighted by Crippen LogP contribution is 2.36. The van der Waals surface area contributed by atoms with Gasteiger partial charge < -0.3 is 9.64 Å². The van der Waals surface area contributed by atoms with Gasteiger partial charge in [0.15, 0.2) is 0 Å². The summed E-state index contributed by atoms with van der Waals surface area (Å²) >= 11 is 1.42. The summed E-state index contributed by atoms with van der Waals surface area (Å²) in [7, 11) is 0. The largest absolute Gasteiger partial charge is 0.372 e. The minimum absolute atomic E-state index is 0.0515. The molecule has 4 rings (SSSR count). The van der Waals surface area contributed by atoms with Crippen molar-refractivity contribution in [3.63, 3.8) is 0 Å². The van der Waals surface area contributed by atoms with Gasteiger partial charge in [-0.25, -0.2) is 4.39 Å². The quantitative estimate of drug-likeness (QED) is 0.739. The molecule has 0 N–H and O–H groups in total. The average Bonchev–Trinajstić information content (AvgIpc) is 3.24. The SMILES string of the molecule is CC1CN(C2=C(c3cccs3)C(=O)N(Cc3ccccc3F)C2=O)CC(C)O1. The minimum Gasteiger partial charge on any atom is -0.372 e. The van der Waals surface area contributed by atoms with Crippen LogP contribution in [0.25, 0.3) is 5.57 Å². The van der Waals surface area contributed by atoms with Gasteiger partial charge in [-0.3, -0.25) is 14.5 Å². The molecule has 0 aliphatic carbocycles. The molecule has 1 aromatic carbocycles. The lowest BCUT2D eigenvalue weighted by Crippen LogP contribution is -2.46. The van der Waals surface area contributed by atoms with E-state index in [-0.39, 0.29) is 30.6 Å². The van der Waals surface area contributed by atoms with E-state index in [1.807, 2.05) is 36.3 Å². The van der Waals surface area contributed by atoms with Crippen LogP contribution in [0.5, 0.6) is 0 Å². The van der Waals surface area contributed by atoms with Crippen molar-refractivity contribution in [2.24, 2.45) is 0 Å². The Morgan fingerprint density at radius 1 is 1.07 bits per heavy atom. The second-order valence-electron chi connectivity index (χ2n) is 7.15. The zero-order chi connectivity index (χ0) is 19.8. The van der Waals surface area contributed by atoms with Crippen molar-refractivity contribution >= 4 is 28.7 Å². The van der Waals surface area contributed by atoms with E-state index in [1.165, 1.54) is 17.4 Å². The predicted molar refractivity (Wildman–Crippen MR) is 105 cm³/mol. The number of rotatable bonds is 4. The second kappa shape index (κ2) is 7.48. The van der Waals surface area contributed by atoms with Crippen LogP contribution in [-0.4, -0.2) is 46.9 Å². The summed E-state index contributed by atoms with van der Waals surface area (Å²) < 4.78 is 19.9. The van der Waals surface area contributed by atoms with Crippen LogP contribution in [0.4, 0.5) is 4.39 Å². The maximum atomic E-state index is 14.1. The number of halogens is 1. The van der Waals surface area contributed by atoms with Crippen molar-refractivity contribution in [1.82, 2.24) is 9.80 Å². The van der Waals surface area contributed by atoms with E-state index in [9.17, 15) is 14.0 Å². The third-order valence-corrected chi connectivity index (χ3v) is 5.82. The lowest BCUT2D eigenvalue weighted by molar-refractivity contribution is -0.139. The lowest BCUT2D eigenvalue weighted by Gasteiger charge is -2.37. The van der Waals surface area contributed by atoms with Crippen molar-refractivity contribution in [3.8, 4) is 0 Å². The number of thiophene rings is 1. The molecule has 5 nitrogen and oxygen atoms in total. The van der Waals surface area contributed by atoms with Gasteiger partial charge in [-0.15, -0.1) is 11.3 Å². The molecule has 0 saturated carbocycles. The number of imide groups is 1. The zero-order valence-electron chi connectivity index (χ0n) is 15.7. The van der Waals surface area contributed by atoms with E-state index in [0.29, 0.717) is 29.9 Å². The Morgan fingerprint density at radius 2 is 1.79 bits per heavy atom. The maximum Gasteiger partial charge on any atom is 0.278 e. The molecule has 2 aliphatic rings. The molecule has 28 heavy (non-hydrogen) atoms. The lowest BCUT2D eigenvalue weighted by atomic mass is 10.1. The van der Waals surface area contributed by atoms with Crippen molar-refractivity contribution in [1.29, 1.82) is 0 Å². The number of hydrogen-bond donors (Lipinski definition) is 0. The van der Waals surface area contributed by atoms with Gasteiger partial charge in [-0.05, 0) is 31.4 Å². The van der Waals surface area contributed by atoms with Gasteiger partial charge in [-0.1, -0.05) is 24.3 Å². The van der Waals surface area contributed by atoms with E-state index >= 15 is 0 Å². The molecule has 2 aliphatic heterocycles. The molecular weight excluding hydrogens is 379 g/mol. The Hall–Kier alpha value is -2.51. The fourth-order valence-corrected chi connectivity index (χ4v) is 4.56. The molecule has 1 saturated heterocycles. The summed E-state index contributed by atoms with van der Waals surface area (Å²) in [5.74, 6) is -1.18. The molecule has 3 heterocycles. The van der Waals surface area contributed by atoms with Crippen LogP contribution in [0.2, 0.25) is 0 Å². The average molecular weight is 400 g/mol. The number of carbonyl (C=O) groups is 2. The summed E-state index contributed by atoms with van der Waals surface area (Å²) in [5, 5.41) is 1.88. The Bertz CT molecular complexity index is 931. The first kappa shape index (κ1) is 18.8. The number of hydrogen-bond acceptors (Lipinski definition) is 5. The molecule has 2 unspecified atom stereocenters. The predicted octanol–water partition coefficient (Wildman–Crippen LogP) is 3.28. The Kier molecular flexibility index (Phi) is 5.03. The van der Waals surface area contributed by atoms with Gasteiger partial charge in [0.05, 0.1) is 24.3 Å². The third kappa shape index (κ3) is 3.36. The molecule has 1 aromatic heterocycles. The Morgan fingerprint density at radius 3 is 2.43 bits per heavy atom. The molecule has 7 heteroatoms. The molecule has 2 amide bonds. The fraction of sp³-hybridized carbons (Fsp3) is 0.333. The van der Waals surface area contributed by atoms with Crippen LogP contribution in [0.15, 0.2) is 47.5 Å². The molecular formula is C21H21FN2O3S. The van der Waals surface area contributed by atoms with Crippen LogP contribution in [0, 0.1) is 5.82 Å². The van der Waals surface area contributed by atoms with Crippen LogP contribution >= 0.6 is 11.3 Å². The number of nitrogens with zero attached hydrogens (tertiary/aromatic N) is 2. The van der Waals surface area contributed by atoms with Crippen LogP contribution in [-0.2, 0) is 20.9 Å². The summed E-state index contributed by atoms with van der Waals surface area (Å²) in [6.07, 6.45) is -0.103. The number of morpholine rings is 1. The zero-order valence-corrected chi connectivity index (χ0v) is 16.5. The summed E-state index contributed by atoms with van der Waals surface area (Å²) in [6.45, 7) is 4.87. The first-order valence-electron chi connectivity index (χ1n) is 9.24. The van der Waals surface area contributed by atoms with Gasteiger partial charge in [0.2, 0.25) is 0 Å². The standard InChI is InChI=1S/C21H21FN2O3S/c1-13-10-23(11-14(2)27-13)19-18(17-8-5-9-28-17)20(25)24(21(19)26)12-15-6-3-4-7-16(15)22/h3-9,13-14H,10-12H2,1-2H3. The van der Waals surface area contributed by atoms with Crippen LogP contribution in [0.3, 0.4) is 0 Å². The Balaban J connectivity index is 1.73. The summed E-state index contributed by atoms with van der Waals surface area (Å²) in [5.41, 5.74) is 1.11. The third-order valence-electron chi connectivity index (χ3n) is 4.93. The van der Waals surface area contributed by atoms with Crippen LogP contribution < -0.4 is 0 Å². The van der Waals surface area contributed by atoms with Gasteiger partial charge >= 0.3 is 0 Å². The Labute approximate surface area is 167 Å². The topological polar surface area (TPSA) is 49.9 Å². The number of ether oxygens (including phenoxy) is 1. The highest BCUT2D eigenvalue weighted by atomic mass is 32.1. The second-order valence-corrected chi connectivity index (χ2v) is 8.10. The first-order valence-corrected chi connectivity index (χ1v) is 10.1. The normalized spacial score (nSPS) is 23.1. The van der Waals surface area contributed by atoms with E-state index in [2.05, 4.69) is 0 Å². The molecule has 2 aromatic rings. The van der Waals surface area contributed by atoms with E-state index < -0.39 is 5.82 Å². The monoisotopic (exact) mass is 400 g/mol. The molecule has 0 radical (unpaired) electrons. The highest BCUT2D eigenvalue weighted by molar-refractivity contribution is 7.11. The van der Waals surface area contributed by atoms with E-state index in [1.54, 1.807) is 18.2 Å². The van der Waals surface area contributed by atoms with Crippen molar-refractivity contribution < 1.29 is 18.7 Å². The minimum atomic E-state index is -0.428. The maximum absolute atomic E-state index is 14.1. The smallest absolute Gasteiger partial charge is 0.278 e. The van der Waals surface area contributed by atoms with Crippen molar-refractivity contribution in [2.45, 2.75) is 32.6 Å². The van der Waals surface area contributed by atoms with Gasteiger partial charge in [0.1, 0.15) is 11.5 Å². The van der Waals surface area contributed by atoms with Gasteiger partial charge in [0, 0.05) is 23.5 Å². The van der Waals surface area contributed by atoms with Crippen molar-refractivity contribution in [3.05, 3.63) is 63.7 Å². The van der Waals surface area contributed by atoms with Gasteiger partial charge in [-0.2, -0.15) is 0 Å². The number of carbonyl (C=O) groups excluding carboxylic acids is 2. The molecule has 0 bridgehead atoms. The summed E-state index contributed by atoms with van der Waals surface area (Å²) in [6, 6.07) is 9.91. The fourth-order valence-electron chi connectivity index (χ4n) is 3.80. The van der Waals surface area contributed by atoms with E-state index in [0.717, 1.165) is 9.78 Å². The molecule has 0 spiro atoms. The van der Waals surface area contributed by atoms with Gasteiger partial charge in [0.25, 0.3) is 11.8 Å². The molecule has 146 valence electrons. The molecule has 1 fully saturated rings.